The molecule has 0 saturated heterocycles. The summed E-state index contributed by atoms with van der Waals surface area (Å²) in [4.78, 5) is 0. The van der Waals surface area contributed by atoms with Gasteiger partial charge in [0.25, 0.3) is 0 Å². The zero-order valence-corrected chi connectivity index (χ0v) is 5.34. The standard InChI is InChI=1S/C4H9Cl2N/c5-1-3-7-4-2-6/h7H,1-4H2/i1T,2T. The summed E-state index contributed by atoms with van der Waals surface area (Å²) in [6, 6.07) is 0. The lowest BCUT2D eigenvalue weighted by molar-refractivity contribution is 0.770. The zero-order chi connectivity index (χ0) is 7.28. The fourth-order valence-electron chi connectivity index (χ4n) is 0.192. The van der Waals surface area contributed by atoms with E-state index in [1.54, 1.807) is 0 Å². The molecule has 0 aliphatic rings. The average Bonchev–Trinajstić information content (AvgIpc) is 1.63. The lowest BCUT2D eigenvalue weighted by Crippen LogP contribution is -2.18. The molecule has 0 aliphatic heterocycles. The van der Waals surface area contributed by atoms with Gasteiger partial charge in [0, 0.05) is 27.5 Å². The van der Waals surface area contributed by atoms with Crippen LogP contribution >= 0.6 is 23.2 Å². The van der Waals surface area contributed by atoms with Gasteiger partial charge in [-0.15, -0.1) is 23.2 Å². The quantitative estimate of drug-likeness (QED) is 0.584. The Labute approximate surface area is 56.8 Å². The lowest BCUT2D eigenvalue weighted by Gasteiger charge is -1.93. The van der Waals surface area contributed by atoms with Crippen LogP contribution in [0.15, 0.2) is 0 Å². The molecule has 0 fully saturated rings. The normalized spacial score (nSPS) is 22.6. The fraction of sp³-hybridized carbons (Fsp3) is 1.00. The van der Waals surface area contributed by atoms with Crippen molar-refractivity contribution < 1.29 is 2.74 Å². The minimum absolute atomic E-state index is 0.379. The molecule has 0 saturated carbocycles. The van der Waals surface area contributed by atoms with Crippen molar-refractivity contribution in [3.63, 3.8) is 0 Å². The number of alkyl halides is 2. The second kappa shape index (κ2) is 6.54. The van der Waals surface area contributed by atoms with Crippen LogP contribution < -0.4 is 5.32 Å². The number of nitrogens with one attached hydrogen (secondary N) is 1. The maximum absolute atomic E-state index is 6.82. The summed E-state index contributed by atoms with van der Waals surface area (Å²) in [5.74, 6) is -1.28. The molecule has 0 aromatic heterocycles. The Morgan fingerprint density at radius 2 is 1.71 bits per heavy atom. The Morgan fingerprint density at radius 3 is 2.00 bits per heavy atom. The third-order valence-electron chi connectivity index (χ3n) is 0.443. The molecule has 0 aromatic rings. The summed E-state index contributed by atoms with van der Waals surface area (Å²) in [5.41, 5.74) is 0. The highest BCUT2D eigenvalue weighted by atomic mass is 35.5. The van der Waals surface area contributed by atoms with E-state index in [-0.39, 0.29) is 0 Å². The highest BCUT2D eigenvalue weighted by molar-refractivity contribution is 6.18. The first-order valence-corrected chi connectivity index (χ1v) is 2.83. The molecule has 0 amide bonds. The second-order valence-electron chi connectivity index (χ2n) is 0.967. The Kier molecular flexibility index (Phi) is 4.13. The molecule has 1 nitrogen and oxygen atoms in total. The molecule has 0 spiro atoms. The summed E-state index contributed by atoms with van der Waals surface area (Å²) < 4.78 is 13.6. The Balaban J connectivity index is 2.91. The van der Waals surface area contributed by atoms with E-state index in [1.165, 1.54) is 0 Å². The third kappa shape index (κ3) is 6.54. The first kappa shape index (κ1) is 4.42. The topological polar surface area (TPSA) is 12.0 Å². The molecule has 2 atom stereocenters. The maximum Gasteiger partial charge on any atom is 0.0449 e. The molecule has 44 valence electrons. The Hall–Kier alpha value is 0.540. The van der Waals surface area contributed by atoms with Crippen LogP contribution in [0.4, 0.5) is 0 Å². The van der Waals surface area contributed by atoms with E-state index in [2.05, 4.69) is 5.32 Å². The van der Waals surface area contributed by atoms with Crippen LogP contribution in [-0.4, -0.2) is 24.8 Å². The van der Waals surface area contributed by atoms with Crippen molar-refractivity contribution in [1.29, 1.82) is 0 Å². The highest BCUT2D eigenvalue weighted by Crippen LogP contribution is 1.71. The number of halogens is 2. The van der Waals surface area contributed by atoms with Gasteiger partial charge >= 0.3 is 0 Å². The van der Waals surface area contributed by atoms with Crippen molar-refractivity contribution in [2.75, 3.05) is 24.8 Å². The number of hydrogen-bond donors (Lipinski definition) is 1. The van der Waals surface area contributed by atoms with Crippen LogP contribution in [0.1, 0.15) is 2.74 Å². The number of hydrogen-bond acceptors (Lipinski definition) is 1. The summed E-state index contributed by atoms with van der Waals surface area (Å²) in [7, 11) is 0. The van der Waals surface area contributed by atoms with E-state index < -0.39 is 11.7 Å². The van der Waals surface area contributed by atoms with Crippen molar-refractivity contribution in [3.8, 4) is 0 Å². The first-order chi connectivity index (χ1) is 4.13. The summed E-state index contributed by atoms with van der Waals surface area (Å²) in [6.07, 6.45) is 0. The van der Waals surface area contributed by atoms with Crippen LogP contribution in [0.5, 0.6) is 0 Å². The van der Waals surface area contributed by atoms with Crippen LogP contribution in [0.2, 0.25) is 0 Å². The second-order valence-corrected chi connectivity index (χ2v) is 1.58. The molecule has 0 bridgehead atoms. The fourth-order valence-corrected chi connectivity index (χ4v) is 0.411. The van der Waals surface area contributed by atoms with Crippen molar-refractivity contribution in [2.45, 2.75) is 0 Å². The van der Waals surface area contributed by atoms with Crippen molar-refractivity contribution in [3.05, 3.63) is 0 Å². The van der Waals surface area contributed by atoms with E-state index >= 15 is 0 Å². The summed E-state index contributed by atoms with van der Waals surface area (Å²) in [6.45, 7) is 0.757. The summed E-state index contributed by atoms with van der Waals surface area (Å²) >= 11 is 10.5. The van der Waals surface area contributed by atoms with E-state index in [4.69, 9.17) is 25.9 Å². The predicted molar refractivity (Wildman–Crippen MR) is 34.3 cm³/mol. The van der Waals surface area contributed by atoms with Gasteiger partial charge in [-0.2, -0.15) is 0 Å². The minimum atomic E-state index is -0.639. The smallest absolute Gasteiger partial charge is 0.0449 e. The van der Waals surface area contributed by atoms with Crippen molar-refractivity contribution >= 4 is 23.2 Å². The SMILES string of the molecule is [3H]C(Cl)CNCC([3H])Cl. The van der Waals surface area contributed by atoms with Gasteiger partial charge in [-0.05, 0) is 0 Å². The lowest BCUT2D eigenvalue weighted by atomic mass is 10.7. The van der Waals surface area contributed by atoms with Crippen LogP contribution in [0, 0.1) is 0 Å². The third-order valence-corrected chi connectivity index (χ3v) is 0.752. The number of rotatable bonds is 4. The predicted octanol–water partition coefficient (Wildman–Crippen LogP) is 1.05. The van der Waals surface area contributed by atoms with Gasteiger partial charge < -0.3 is 5.32 Å². The van der Waals surface area contributed by atoms with Gasteiger partial charge in [-0.1, -0.05) is 0 Å². The molecule has 0 radical (unpaired) electrons. The van der Waals surface area contributed by atoms with Gasteiger partial charge in [0.05, 0.1) is 0 Å². The molecule has 0 rings (SSSR count). The molecule has 2 unspecified atom stereocenters. The monoisotopic (exact) mass is 145 g/mol. The average molecular weight is 146 g/mol. The van der Waals surface area contributed by atoms with Crippen LogP contribution in [0.3, 0.4) is 0 Å². The molecule has 7 heavy (non-hydrogen) atoms. The van der Waals surface area contributed by atoms with Gasteiger partial charge in [-0.25, -0.2) is 0 Å². The van der Waals surface area contributed by atoms with E-state index in [1.807, 2.05) is 0 Å². The van der Waals surface area contributed by atoms with Crippen molar-refractivity contribution in [1.82, 2.24) is 5.32 Å². The van der Waals surface area contributed by atoms with Crippen LogP contribution in [-0.2, 0) is 0 Å². The maximum atomic E-state index is 6.82. The largest absolute Gasteiger partial charge is 0.314 e. The van der Waals surface area contributed by atoms with E-state index in [0.717, 1.165) is 0 Å². The van der Waals surface area contributed by atoms with Gasteiger partial charge in [0.15, 0.2) is 0 Å². The molecule has 0 aliphatic carbocycles. The van der Waals surface area contributed by atoms with Gasteiger partial charge in [0.1, 0.15) is 0 Å². The van der Waals surface area contributed by atoms with E-state index in [9.17, 15) is 0 Å². The Bertz CT molecular complexity index is 61.6. The van der Waals surface area contributed by atoms with Gasteiger partial charge in [-0.3, -0.25) is 0 Å². The van der Waals surface area contributed by atoms with Gasteiger partial charge in [0.2, 0.25) is 0 Å². The molecule has 0 aromatic carbocycles. The zero-order valence-electron chi connectivity index (χ0n) is 5.82. The molecule has 1 N–H and O–H groups in total. The molecular formula is C4H9Cl2N. The molecule has 3 heteroatoms. The van der Waals surface area contributed by atoms with Crippen LogP contribution in [0.25, 0.3) is 0 Å². The molecule has 0 heterocycles. The first-order valence-electron chi connectivity index (χ1n) is 3.11. The Morgan fingerprint density at radius 1 is 1.29 bits per heavy atom. The van der Waals surface area contributed by atoms with Crippen molar-refractivity contribution in [2.24, 2.45) is 0 Å². The highest BCUT2D eigenvalue weighted by Gasteiger charge is 1.78. The summed E-state index contributed by atoms with van der Waals surface area (Å²) in [5, 5.41) is 2.75. The molecular weight excluding hydrogens is 133 g/mol. The van der Waals surface area contributed by atoms with E-state index in [0.29, 0.717) is 13.1 Å². The minimum Gasteiger partial charge on any atom is -0.314 e.